The van der Waals surface area contributed by atoms with E-state index in [-0.39, 0.29) is 16.3 Å². The molecule has 2 aromatic carbocycles. The monoisotopic (exact) mass is 347 g/mol. The molecule has 4 aromatic rings. The molecule has 0 bridgehead atoms. The van der Waals surface area contributed by atoms with Crippen LogP contribution in [0.1, 0.15) is 10.5 Å². The summed E-state index contributed by atoms with van der Waals surface area (Å²) in [6.07, 6.45) is 0. The van der Waals surface area contributed by atoms with Crippen LogP contribution in [0, 0.1) is 17.5 Å². The lowest BCUT2D eigenvalue weighted by Crippen LogP contribution is -2.11. The lowest BCUT2D eigenvalue weighted by Gasteiger charge is -1.97. The Labute approximate surface area is 136 Å². The highest BCUT2D eigenvalue weighted by Crippen LogP contribution is 2.28. The number of fused-ring (bicyclic) bond motifs is 2. The predicted octanol–water partition coefficient (Wildman–Crippen LogP) is 4.45. The molecule has 0 atom stereocenters. The summed E-state index contributed by atoms with van der Waals surface area (Å²) in [5.74, 6) is -2.94. The maximum Gasteiger partial charge on any atom is 0.273 e. The number of amides is 1. The summed E-state index contributed by atoms with van der Waals surface area (Å²) in [6, 6.07) is 7.87. The number of carbonyl (C=O) groups excluding carboxylic acids is 1. The van der Waals surface area contributed by atoms with Crippen molar-refractivity contribution < 1.29 is 18.0 Å². The van der Waals surface area contributed by atoms with Gasteiger partial charge in [-0.25, -0.2) is 18.2 Å². The van der Waals surface area contributed by atoms with E-state index in [4.69, 9.17) is 0 Å². The Morgan fingerprint density at radius 3 is 2.67 bits per heavy atom. The van der Waals surface area contributed by atoms with Gasteiger partial charge in [0.1, 0.15) is 11.5 Å². The molecule has 2 N–H and O–H groups in total. The van der Waals surface area contributed by atoms with Crippen molar-refractivity contribution in [2.24, 2.45) is 0 Å². The van der Waals surface area contributed by atoms with Gasteiger partial charge in [0.2, 0.25) is 0 Å². The molecule has 0 aliphatic rings. The van der Waals surface area contributed by atoms with Crippen molar-refractivity contribution in [2.75, 3.05) is 5.32 Å². The maximum atomic E-state index is 13.7. The number of rotatable bonds is 2. The molecule has 2 heterocycles. The number of halogens is 3. The number of nitrogens with one attached hydrogen (secondary N) is 2. The Bertz CT molecular complexity index is 1060. The van der Waals surface area contributed by atoms with Gasteiger partial charge in [-0.2, -0.15) is 0 Å². The highest BCUT2D eigenvalue weighted by atomic mass is 32.1. The predicted molar refractivity (Wildman–Crippen MR) is 85.7 cm³/mol. The fraction of sp³-hybridized carbons (Fsp3) is 0. The second-order valence-electron chi connectivity index (χ2n) is 5.09. The molecule has 0 fully saturated rings. The molecule has 24 heavy (non-hydrogen) atoms. The first-order chi connectivity index (χ1) is 11.5. The van der Waals surface area contributed by atoms with Gasteiger partial charge in [-0.15, -0.1) is 0 Å². The minimum Gasteiger partial charge on any atom is -0.350 e. The first-order valence-electron chi connectivity index (χ1n) is 6.85. The molecule has 0 unspecified atom stereocenters. The summed E-state index contributed by atoms with van der Waals surface area (Å²) in [5, 5.41) is 3.03. The molecule has 4 nitrogen and oxygen atoms in total. The molecule has 1 amide bonds. The summed E-state index contributed by atoms with van der Waals surface area (Å²) >= 11 is 1.02. The van der Waals surface area contributed by atoms with Crippen molar-refractivity contribution in [3.63, 3.8) is 0 Å². The molecule has 0 saturated carbocycles. The van der Waals surface area contributed by atoms with Gasteiger partial charge in [0, 0.05) is 17.0 Å². The number of thiazole rings is 1. The normalized spacial score (nSPS) is 11.3. The number of carbonyl (C=O) groups is 1. The van der Waals surface area contributed by atoms with Gasteiger partial charge >= 0.3 is 0 Å². The first kappa shape index (κ1) is 14.7. The van der Waals surface area contributed by atoms with Crippen LogP contribution in [0.2, 0.25) is 0 Å². The summed E-state index contributed by atoms with van der Waals surface area (Å²) in [5.41, 5.74) is 0.900. The van der Waals surface area contributed by atoms with Crippen molar-refractivity contribution in [2.45, 2.75) is 0 Å². The third kappa shape index (κ3) is 2.41. The van der Waals surface area contributed by atoms with E-state index in [1.807, 2.05) is 0 Å². The number of benzene rings is 2. The quantitative estimate of drug-likeness (QED) is 0.563. The molecular weight excluding hydrogens is 339 g/mol. The first-order valence-corrected chi connectivity index (χ1v) is 7.67. The van der Waals surface area contributed by atoms with E-state index in [0.717, 1.165) is 23.5 Å². The van der Waals surface area contributed by atoms with E-state index in [2.05, 4.69) is 15.3 Å². The van der Waals surface area contributed by atoms with Crippen LogP contribution in [-0.4, -0.2) is 15.9 Å². The van der Waals surface area contributed by atoms with Gasteiger partial charge < -0.3 is 4.98 Å². The van der Waals surface area contributed by atoms with Gasteiger partial charge in [0.05, 0.1) is 10.2 Å². The van der Waals surface area contributed by atoms with Crippen LogP contribution in [0.25, 0.3) is 21.1 Å². The van der Waals surface area contributed by atoms with Crippen LogP contribution in [0.3, 0.4) is 0 Å². The molecule has 0 aliphatic heterocycles. The third-order valence-corrected chi connectivity index (χ3v) is 4.44. The van der Waals surface area contributed by atoms with Crippen molar-refractivity contribution in [3.05, 3.63) is 59.5 Å². The second kappa shape index (κ2) is 5.34. The number of anilines is 1. The molecule has 0 radical (unpaired) electrons. The molecule has 4 rings (SSSR count). The summed E-state index contributed by atoms with van der Waals surface area (Å²) < 4.78 is 40.5. The van der Waals surface area contributed by atoms with Crippen LogP contribution < -0.4 is 5.32 Å². The summed E-state index contributed by atoms with van der Waals surface area (Å²) in [6.45, 7) is 0. The highest BCUT2D eigenvalue weighted by Gasteiger charge is 2.15. The second-order valence-corrected chi connectivity index (χ2v) is 6.12. The smallest absolute Gasteiger partial charge is 0.273 e. The van der Waals surface area contributed by atoms with E-state index < -0.39 is 23.4 Å². The Morgan fingerprint density at radius 2 is 1.88 bits per heavy atom. The van der Waals surface area contributed by atoms with Crippen LogP contribution in [0.5, 0.6) is 0 Å². The van der Waals surface area contributed by atoms with Crippen molar-refractivity contribution in [1.29, 1.82) is 0 Å². The molecular formula is C16H8F3N3OS. The zero-order chi connectivity index (χ0) is 16.8. The zero-order valence-electron chi connectivity index (χ0n) is 11.9. The molecule has 0 spiro atoms. The van der Waals surface area contributed by atoms with Crippen molar-refractivity contribution in [3.8, 4) is 0 Å². The van der Waals surface area contributed by atoms with Gasteiger partial charge in [-0.05, 0) is 24.3 Å². The fourth-order valence-electron chi connectivity index (χ4n) is 2.38. The Kier molecular flexibility index (Phi) is 3.27. The van der Waals surface area contributed by atoms with E-state index in [1.54, 1.807) is 6.07 Å². The van der Waals surface area contributed by atoms with Gasteiger partial charge in [-0.1, -0.05) is 17.4 Å². The summed E-state index contributed by atoms with van der Waals surface area (Å²) in [4.78, 5) is 19.1. The largest absolute Gasteiger partial charge is 0.350 e. The SMILES string of the molecule is O=C(Nc1nc2cc(F)c(F)cc2s1)c1cc2c(F)cccc2[nH]1. The number of aromatic amines is 1. The molecule has 120 valence electrons. The van der Waals surface area contributed by atoms with E-state index in [1.165, 1.54) is 18.2 Å². The number of nitrogens with zero attached hydrogens (tertiary/aromatic N) is 1. The van der Waals surface area contributed by atoms with Crippen molar-refractivity contribution >= 4 is 43.5 Å². The molecule has 8 heteroatoms. The highest BCUT2D eigenvalue weighted by molar-refractivity contribution is 7.22. The molecule has 0 aliphatic carbocycles. The Morgan fingerprint density at radius 1 is 1.08 bits per heavy atom. The van der Waals surface area contributed by atoms with Gasteiger partial charge in [0.25, 0.3) is 5.91 Å². The van der Waals surface area contributed by atoms with Crippen LogP contribution in [0.4, 0.5) is 18.3 Å². The van der Waals surface area contributed by atoms with Crippen molar-refractivity contribution in [1.82, 2.24) is 9.97 Å². The summed E-state index contributed by atoms with van der Waals surface area (Å²) in [7, 11) is 0. The Hall–Kier alpha value is -2.87. The molecule has 2 aromatic heterocycles. The van der Waals surface area contributed by atoms with Gasteiger partial charge in [0.15, 0.2) is 16.8 Å². The Balaban J connectivity index is 1.66. The lowest BCUT2D eigenvalue weighted by atomic mass is 10.2. The van der Waals surface area contributed by atoms with E-state index in [0.29, 0.717) is 15.6 Å². The average Bonchev–Trinajstić information content (AvgIpc) is 3.12. The van der Waals surface area contributed by atoms with Crippen LogP contribution >= 0.6 is 11.3 Å². The van der Waals surface area contributed by atoms with E-state index >= 15 is 0 Å². The average molecular weight is 347 g/mol. The maximum absolute atomic E-state index is 13.7. The molecule has 0 saturated heterocycles. The third-order valence-electron chi connectivity index (χ3n) is 3.51. The number of H-pyrrole nitrogens is 1. The zero-order valence-corrected chi connectivity index (χ0v) is 12.7. The number of aromatic nitrogens is 2. The minimum absolute atomic E-state index is 0.159. The minimum atomic E-state index is -1.00. The number of hydrogen-bond acceptors (Lipinski definition) is 3. The van der Waals surface area contributed by atoms with Crippen LogP contribution in [-0.2, 0) is 0 Å². The number of hydrogen-bond donors (Lipinski definition) is 2. The van der Waals surface area contributed by atoms with E-state index in [9.17, 15) is 18.0 Å². The van der Waals surface area contributed by atoms with Gasteiger partial charge in [-0.3, -0.25) is 10.1 Å². The fourth-order valence-corrected chi connectivity index (χ4v) is 3.25. The van der Waals surface area contributed by atoms with Crippen LogP contribution in [0.15, 0.2) is 36.4 Å². The topological polar surface area (TPSA) is 57.8 Å². The standard InChI is InChI=1S/C16H8F3N3OS/c17-8-2-1-3-11-7(8)4-13(20-11)15(23)22-16-21-12-5-9(18)10(19)6-14(12)24-16/h1-6,20H,(H,21,22,23). The lowest BCUT2D eigenvalue weighted by molar-refractivity contribution is 0.102.